The minimum absolute atomic E-state index is 0.0721. The zero-order valence-electron chi connectivity index (χ0n) is 15.6. The van der Waals surface area contributed by atoms with Gasteiger partial charge in [-0.2, -0.15) is 0 Å². The Morgan fingerprint density at radius 1 is 1.22 bits per heavy atom. The minimum atomic E-state index is -0.253. The van der Waals surface area contributed by atoms with Gasteiger partial charge in [-0.05, 0) is 51.5 Å². The Kier molecular flexibility index (Phi) is 4.46. The van der Waals surface area contributed by atoms with Gasteiger partial charge in [-0.1, -0.05) is 26.0 Å². The molecule has 0 radical (unpaired) electrons. The third-order valence-corrected chi connectivity index (χ3v) is 5.51. The lowest BCUT2D eigenvalue weighted by molar-refractivity contribution is -0.118. The second-order valence-electron chi connectivity index (χ2n) is 7.86. The van der Waals surface area contributed by atoms with Crippen LogP contribution in [0.3, 0.4) is 0 Å². The lowest BCUT2D eigenvalue weighted by atomic mass is 9.73. The molecule has 0 saturated heterocycles. The van der Waals surface area contributed by atoms with E-state index in [0.717, 1.165) is 45.0 Å². The second kappa shape index (κ2) is 6.68. The largest absolute Gasteiger partial charge is 0.497 e. The number of allylic oxidation sites excluding steroid dienone is 1. The summed E-state index contributed by atoms with van der Waals surface area (Å²) in [6.45, 7) is 4.27. The number of carbonyl (C=O) groups excluding carboxylic acids is 1. The number of pyridine rings is 1. The third-order valence-electron chi connectivity index (χ3n) is 5.08. The number of Topliss-reactive ketones (excluding diaryl/α,β-unsaturated/α-hetero) is 1. The minimum Gasteiger partial charge on any atom is -0.497 e. The Hall–Kier alpha value is -2.34. The van der Waals surface area contributed by atoms with Gasteiger partial charge in [-0.3, -0.25) is 4.79 Å². The van der Waals surface area contributed by atoms with Crippen LogP contribution in [-0.2, 0) is 4.79 Å². The summed E-state index contributed by atoms with van der Waals surface area (Å²) in [4.78, 5) is 17.7. The number of hydrogen-bond donors (Lipinski definition) is 2. The van der Waals surface area contributed by atoms with Crippen LogP contribution in [0.1, 0.15) is 38.3 Å². The SMILES string of the molecule is COc1ccc([C@@H]2Nc3ncc(Br)cc3NC3=C2C(=O)CC(C)(C)C3)cc1. The Bertz CT molecular complexity index is 935. The van der Waals surface area contributed by atoms with Crippen LogP contribution in [0.5, 0.6) is 5.75 Å². The molecule has 1 aromatic carbocycles. The van der Waals surface area contributed by atoms with Crippen molar-refractivity contribution in [2.75, 3.05) is 17.7 Å². The van der Waals surface area contributed by atoms with Gasteiger partial charge in [0.05, 0.1) is 18.8 Å². The Balaban J connectivity index is 1.86. The van der Waals surface area contributed by atoms with Crippen LogP contribution in [0, 0.1) is 5.41 Å². The number of nitrogens with zero attached hydrogens (tertiary/aromatic N) is 1. The maximum absolute atomic E-state index is 13.1. The summed E-state index contributed by atoms with van der Waals surface area (Å²) < 4.78 is 6.17. The Morgan fingerprint density at radius 3 is 2.67 bits per heavy atom. The number of ether oxygens (including phenoxy) is 1. The van der Waals surface area contributed by atoms with E-state index < -0.39 is 0 Å². The molecule has 2 N–H and O–H groups in total. The van der Waals surface area contributed by atoms with Gasteiger partial charge in [-0.15, -0.1) is 0 Å². The molecular weight excluding hydrogens is 406 g/mol. The number of aromatic nitrogens is 1. The first kappa shape index (κ1) is 18.0. The molecule has 2 aliphatic rings. The van der Waals surface area contributed by atoms with E-state index in [1.165, 1.54) is 0 Å². The summed E-state index contributed by atoms with van der Waals surface area (Å²) in [5, 5.41) is 6.97. The summed E-state index contributed by atoms with van der Waals surface area (Å²) in [6.07, 6.45) is 3.11. The summed E-state index contributed by atoms with van der Waals surface area (Å²) in [5.41, 5.74) is 3.59. The van der Waals surface area contributed by atoms with Crippen LogP contribution in [-0.4, -0.2) is 17.9 Å². The predicted octanol–water partition coefficient (Wildman–Crippen LogP) is 5.07. The van der Waals surface area contributed by atoms with Crippen molar-refractivity contribution in [2.45, 2.75) is 32.7 Å². The average Bonchev–Trinajstić information content (AvgIpc) is 2.76. The highest BCUT2D eigenvalue weighted by Crippen LogP contribution is 2.45. The highest BCUT2D eigenvalue weighted by atomic mass is 79.9. The number of carbonyl (C=O) groups is 1. The highest BCUT2D eigenvalue weighted by Gasteiger charge is 2.38. The summed E-state index contributed by atoms with van der Waals surface area (Å²) in [7, 11) is 1.65. The number of hydrogen-bond acceptors (Lipinski definition) is 5. The number of anilines is 2. The van der Waals surface area contributed by atoms with Crippen molar-refractivity contribution in [3.63, 3.8) is 0 Å². The topological polar surface area (TPSA) is 63.2 Å². The van der Waals surface area contributed by atoms with Crippen LogP contribution in [0.4, 0.5) is 11.5 Å². The molecule has 5 nitrogen and oxygen atoms in total. The molecule has 27 heavy (non-hydrogen) atoms. The highest BCUT2D eigenvalue weighted by molar-refractivity contribution is 9.10. The van der Waals surface area contributed by atoms with E-state index >= 15 is 0 Å². The molecule has 1 aromatic heterocycles. The fourth-order valence-corrected chi connectivity index (χ4v) is 4.18. The zero-order valence-corrected chi connectivity index (χ0v) is 17.2. The summed E-state index contributed by atoms with van der Waals surface area (Å²) in [5.74, 6) is 1.70. The quantitative estimate of drug-likeness (QED) is 0.699. The molecule has 1 aliphatic heterocycles. The van der Waals surface area contributed by atoms with E-state index in [4.69, 9.17) is 4.74 Å². The monoisotopic (exact) mass is 427 g/mol. The van der Waals surface area contributed by atoms with Crippen LogP contribution >= 0.6 is 15.9 Å². The molecule has 0 unspecified atom stereocenters. The number of methoxy groups -OCH3 is 1. The molecule has 0 saturated carbocycles. The fourth-order valence-electron chi connectivity index (χ4n) is 3.85. The lowest BCUT2D eigenvalue weighted by Crippen LogP contribution is -2.31. The van der Waals surface area contributed by atoms with Crippen molar-refractivity contribution in [2.24, 2.45) is 5.41 Å². The molecule has 0 amide bonds. The predicted molar refractivity (Wildman–Crippen MR) is 110 cm³/mol. The number of halogens is 1. The van der Waals surface area contributed by atoms with Gasteiger partial charge in [0.25, 0.3) is 0 Å². The summed E-state index contributed by atoms with van der Waals surface area (Å²) in [6, 6.07) is 9.57. The molecule has 0 fully saturated rings. The molecule has 1 atom stereocenters. The maximum Gasteiger partial charge on any atom is 0.163 e. The smallest absolute Gasteiger partial charge is 0.163 e. The maximum atomic E-state index is 13.1. The normalized spacial score (nSPS) is 20.7. The first-order valence-corrected chi connectivity index (χ1v) is 9.75. The molecule has 0 spiro atoms. The molecule has 140 valence electrons. The molecular formula is C21H22BrN3O2. The molecule has 6 heteroatoms. The summed E-state index contributed by atoms with van der Waals surface area (Å²) >= 11 is 3.49. The molecule has 2 heterocycles. The molecule has 2 aromatic rings. The first-order chi connectivity index (χ1) is 12.9. The van der Waals surface area contributed by atoms with Gasteiger partial charge in [0.2, 0.25) is 0 Å². The van der Waals surface area contributed by atoms with Gasteiger partial charge in [-0.25, -0.2) is 4.98 Å². The van der Waals surface area contributed by atoms with Crippen molar-refractivity contribution < 1.29 is 9.53 Å². The number of nitrogens with one attached hydrogen (secondary N) is 2. The molecule has 1 aliphatic carbocycles. The van der Waals surface area contributed by atoms with E-state index in [-0.39, 0.29) is 17.2 Å². The first-order valence-electron chi connectivity index (χ1n) is 8.95. The van der Waals surface area contributed by atoms with Crippen molar-refractivity contribution in [1.82, 2.24) is 4.98 Å². The van der Waals surface area contributed by atoms with E-state index in [9.17, 15) is 4.79 Å². The Labute approximate surface area is 167 Å². The van der Waals surface area contributed by atoms with Crippen molar-refractivity contribution in [3.05, 3.63) is 57.8 Å². The van der Waals surface area contributed by atoms with Gasteiger partial charge in [0.1, 0.15) is 5.75 Å². The van der Waals surface area contributed by atoms with Crippen LogP contribution in [0.15, 0.2) is 52.3 Å². The Morgan fingerprint density at radius 2 is 1.96 bits per heavy atom. The number of rotatable bonds is 2. The standard InChI is InChI=1S/C21H22BrN3O2/c1-21(2)9-16-18(17(26)10-21)19(12-4-6-14(27-3)7-5-12)25-20-15(24-16)8-13(22)11-23-20/h4-8,11,19,24H,9-10H2,1-3H3,(H,23,25)/t19-/m0/s1. The fraction of sp³-hybridized carbons (Fsp3) is 0.333. The van der Waals surface area contributed by atoms with Gasteiger partial charge in [0.15, 0.2) is 11.6 Å². The number of ketones is 1. The molecule has 0 bridgehead atoms. The lowest BCUT2D eigenvalue weighted by Gasteiger charge is -2.34. The van der Waals surface area contributed by atoms with Crippen LogP contribution in [0.25, 0.3) is 0 Å². The van der Waals surface area contributed by atoms with Crippen LogP contribution < -0.4 is 15.4 Å². The van der Waals surface area contributed by atoms with E-state index in [0.29, 0.717) is 6.42 Å². The van der Waals surface area contributed by atoms with Gasteiger partial charge in [0, 0.05) is 28.4 Å². The van der Waals surface area contributed by atoms with Gasteiger partial charge < -0.3 is 15.4 Å². The number of fused-ring (bicyclic) bond motifs is 1. The van der Waals surface area contributed by atoms with E-state index in [1.807, 2.05) is 30.3 Å². The second-order valence-corrected chi connectivity index (χ2v) is 8.77. The molecule has 4 rings (SSSR count). The zero-order chi connectivity index (χ0) is 19.2. The number of benzene rings is 1. The van der Waals surface area contributed by atoms with E-state index in [1.54, 1.807) is 13.3 Å². The van der Waals surface area contributed by atoms with Crippen molar-refractivity contribution in [3.8, 4) is 5.75 Å². The van der Waals surface area contributed by atoms with Crippen LogP contribution in [0.2, 0.25) is 0 Å². The third kappa shape index (κ3) is 3.46. The van der Waals surface area contributed by atoms with E-state index in [2.05, 4.69) is 45.4 Å². The van der Waals surface area contributed by atoms with Crippen molar-refractivity contribution in [1.29, 1.82) is 0 Å². The average molecular weight is 428 g/mol. The van der Waals surface area contributed by atoms with Gasteiger partial charge >= 0.3 is 0 Å². The van der Waals surface area contributed by atoms with Crippen molar-refractivity contribution >= 4 is 33.2 Å².